The first kappa shape index (κ1) is 16.1. The van der Waals surface area contributed by atoms with Crippen LogP contribution in [0.5, 0.6) is 5.88 Å². The second-order valence-corrected chi connectivity index (χ2v) is 6.58. The molecule has 3 rings (SSSR count). The summed E-state index contributed by atoms with van der Waals surface area (Å²) < 4.78 is 6.71. The molecule has 0 radical (unpaired) electrons. The van der Waals surface area contributed by atoms with Crippen molar-refractivity contribution in [1.82, 2.24) is 9.88 Å². The Kier molecular flexibility index (Phi) is 5.03. The predicted octanol–water partition coefficient (Wildman–Crippen LogP) is 4.18. The highest BCUT2D eigenvalue weighted by atomic mass is 79.9. The molecule has 0 aliphatic carbocycles. The molecule has 1 N–H and O–H groups in total. The van der Waals surface area contributed by atoms with Crippen molar-refractivity contribution < 1.29 is 9.53 Å². The van der Waals surface area contributed by atoms with Gasteiger partial charge in [0.2, 0.25) is 5.88 Å². The lowest BCUT2D eigenvalue weighted by Gasteiger charge is -2.17. The fourth-order valence-electron chi connectivity index (χ4n) is 2.38. The van der Waals surface area contributed by atoms with Crippen LogP contribution in [-0.2, 0) is 0 Å². The summed E-state index contributed by atoms with van der Waals surface area (Å²) in [7, 11) is 0. The number of nitrogens with zero attached hydrogens (tertiary/aromatic N) is 2. The maximum Gasteiger partial charge on any atom is 0.321 e. The third kappa shape index (κ3) is 4.36. The lowest BCUT2D eigenvalue weighted by Crippen LogP contribution is -2.34. The summed E-state index contributed by atoms with van der Waals surface area (Å²) in [4.78, 5) is 18.2. The second-order valence-electron chi connectivity index (χ2n) is 5.23. The topological polar surface area (TPSA) is 54.5 Å². The molecular weight excluding hydrogens is 382 g/mol. The van der Waals surface area contributed by atoms with Gasteiger partial charge in [0.1, 0.15) is 6.10 Å². The molecule has 0 spiro atoms. The summed E-state index contributed by atoms with van der Waals surface area (Å²) in [6, 6.07) is 10.6. The van der Waals surface area contributed by atoms with E-state index in [1.165, 1.54) is 0 Å². The van der Waals surface area contributed by atoms with E-state index in [2.05, 4.69) is 26.2 Å². The number of rotatable bonds is 3. The number of likely N-dealkylation sites (tertiary alicyclic amines) is 1. The summed E-state index contributed by atoms with van der Waals surface area (Å²) in [6.45, 7) is 1.18. The minimum atomic E-state index is -0.151. The Labute approximate surface area is 147 Å². The molecule has 1 aliphatic heterocycles. The zero-order valence-electron chi connectivity index (χ0n) is 12.2. The summed E-state index contributed by atoms with van der Waals surface area (Å²) in [5, 5.41) is 3.43. The van der Waals surface area contributed by atoms with Crippen molar-refractivity contribution in [3.63, 3.8) is 0 Å². The monoisotopic (exact) mass is 395 g/mol. The smallest absolute Gasteiger partial charge is 0.321 e. The number of anilines is 1. The molecule has 7 heteroatoms. The number of carbonyl (C=O) groups is 1. The van der Waals surface area contributed by atoms with Crippen molar-refractivity contribution in [3.05, 3.63) is 52.1 Å². The quantitative estimate of drug-likeness (QED) is 0.846. The van der Waals surface area contributed by atoms with Crippen molar-refractivity contribution >= 4 is 39.2 Å². The first-order valence-corrected chi connectivity index (χ1v) is 8.37. The van der Waals surface area contributed by atoms with Gasteiger partial charge in [-0.1, -0.05) is 17.7 Å². The van der Waals surface area contributed by atoms with E-state index in [9.17, 15) is 4.79 Å². The third-order valence-corrected chi connectivity index (χ3v) is 4.20. The second kappa shape index (κ2) is 7.19. The molecule has 1 aliphatic rings. The lowest BCUT2D eigenvalue weighted by molar-refractivity contribution is 0.190. The molecule has 23 heavy (non-hydrogen) atoms. The highest BCUT2D eigenvalue weighted by Crippen LogP contribution is 2.20. The van der Waals surface area contributed by atoms with E-state index in [1.54, 1.807) is 41.4 Å². The van der Waals surface area contributed by atoms with Crippen molar-refractivity contribution in [2.45, 2.75) is 12.5 Å². The highest BCUT2D eigenvalue weighted by molar-refractivity contribution is 9.10. The Morgan fingerprint density at radius 3 is 3.00 bits per heavy atom. The maximum absolute atomic E-state index is 12.3. The van der Waals surface area contributed by atoms with Crippen molar-refractivity contribution in [3.8, 4) is 5.88 Å². The van der Waals surface area contributed by atoms with Crippen LogP contribution in [0, 0.1) is 0 Å². The molecular formula is C16H15BrClN3O2. The van der Waals surface area contributed by atoms with E-state index in [-0.39, 0.29) is 12.1 Å². The van der Waals surface area contributed by atoms with Crippen molar-refractivity contribution in [2.24, 2.45) is 0 Å². The van der Waals surface area contributed by atoms with Crippen LogP contribution >= 0.6 is 27.5 Å². The van der Waals surface area contributed by atoms with Crippen LogP contribution in [0.15, 0.2) is 47.1 Å². The number of urea groups is 1. The minimum Gasteiger partial charge on any atom is -0.472 e. The van der Waals surface area contributed by atoms with E-state index in [0.29, 0.717) is 29.7 Å². The van der Waals surface area contributed by atoms with Gasteiger partial charge in [0.05, 0.1) is 6.54 Å². The van der Waals surface area contributed by atoms with Gasteiger partial charge in [0, 0.05) is 40.4 Å². The summed E-state index contributed by atoms with van der Waals surface area (Å²) >= 11 is 9.25. The van der Waals surface area contributed by atoms with E-state index in [0.717, 1.165) is 10.9 Å². The van der Waals surface area contributed by atoms with Gasteiger partial charge in [-0.2, -0.15) is 0 Å². The van der Waals surface area contributed by atoms with Gasteiger partial charge in [-0.3, -0.25) is 0 Å². The largest absolute Gasteiger partial charge is 0.472 e. The molecule has 2 heterocycles. The number of aromatic nitrogens is 1. The molecule has 1 fully saturated rings. The number of hydrogen-bond acceptors (Lipinski definition) is 3. The molecule has 0 bridgehead atoms. The summed E-state index contributed by atoms with van der Waals surface area (Å²) in [5.41, 5.74) is 0.682. The van der Waals surface area contributed by atoms with Gasteiger partial charge in [-0.05, 0) is 40.2 Å². The van der Waals surface area contributed by atoms with Gasteiger partial charge in [-0.25, -0.2) is 9.78 Å². The van der Waals surface area contributed by atoms with Crippen molar-refractivity contribution in [2.75, 3.05) is 18.4 Å². The van der Waals surface area contributed by atoms with Gasteiger partial charge in [0.15, 0.2) is 0 Å². The molecule has 2 amide bonds. The number of pyridine rings is 1. The van der Waals surface area contributed by atoms with Crippen LogP contribution in [0.3, 0.4) is 0 Å². The zero-order chi connectivity index (χ0) is 16.2. The molecule has 2 aromatic rings. The van der Waals surface area contributed by atoms with Gasteiger partial charge >= 0.3 is 6.03 Å². The maximum atomic E-state index is 12.3. The number of ether oxygens (including phenoxy) is 1. The van der Waals surface area contributed by atoms with Gasteiger partial charge in [0.25, 0.3) is 0 Å². The molecule has 0 saturated carbocycles. The molecule has 1 unspecified atom stereocenters. The van der Waals surface area contributed by atoms with E-state index >= 15 is 0 Å². The van der Waals surface area contributed by atoms with Crippen LogP contribution in [0.2, 0.25) is 5.02 Å². The van der Waals surface area contributed by atoms with Crippen LogP contribution < -0.4 is 10.1 Å². The Morgan fingerprint density at radius 2 is 2.26 bits per heavy atom. The van der Waals surface area contributed by atoms with E-state index in [4.69, 9.17) is 16.3 Å². The fourth-order valence-corrected chi connectivity index (χ4v) is 2.81. The number of halogens is 2. The van der Waals surface area contributed by atoms with Crippen LogP contribution in [0.1, 0.15) is 6.42 Å². The normalized spacial score (nSPS) is 17.1. The zero-order valence-corrected chi connectivity index (χ0v) is 14.5. The number of nitrogens with one attached hydrogen (secondary N) is 1. The molecule has 1 atom stereocenters. The van der Waals surface area contributed by atoms with Gasteiger partial charge < -0.3 is 15.0 Å². The highest BCUT2D eigenvalue weighted by Gasteiger charge is 2.28. The molecule has 1 saturated heterocycles. The lowest BCUT2D eigenvalue weighted by atomic mass is 10.3. The average Bonchev–Trinajstić information content (AvgIpc) is 2.98. The van der Waals surface area contributed by atoms with Crippen LogP contribution in [0.25, 0.3) is 0 Å². The van der Waals surface area contributed by atoms with Crippen LogP contribution in [-0.4, -0.2) is 35.1 Å². The Bertz CT molecular complexity index is 696. The standard InChI is InChI=1S/C16H15BrClN3O2/c17-11-4-5-15(19-9-11)23-14-6-7-21(10-14)16(22)20-13-3-1-2-12(18)8-13/h1-5,8-9,14H,6-7,10H2,(H,20,22). The third-order valence-electron chi connectivity index (χ3n) is 3.50. The number of amides is 2. The van der Waals surface area contributed by atoms with E-state index in [1.807, 2.05) is 6.07 Å². The van der Waals surface area contributed by atoms with Crippen LogP contribution in [0.4, 0.5) is 10.5 Å². The fraction of sp³-hybridized carbons (Fsp3) is 0.250. The predicted molar refractivity (Wildman–Crippen MR) is 93.0 cm³/mol. The molecule has 120 valence electrons. The minimum absolute atomic E-state index is 0.0474. The summed E-state index contributed by atoms with van der Waals surface area (Å²) in [5.74, 6) is 0.565. The molecule has 1 aromatic heterocycles. The average molecular weight is 397 g/mol. The molecule has 1 aromatic carbocycles. The number of benzene rings is 1. The number of hydrogen-bond donors (Lipinski definition) is 1. The van der Waals surface area contributed by atoms with Gasteiger partial charge in [-0.15, -0.1) is 0 Å². The Morgan fingerprint density at radius 1 is 1.39 bits per heavy atom. The number of carbonyl (C=O) groups excluding carboxylic acids is 1. The summed E-state index contributed by atoms with van der Waals surface area (Å²) in [6.07, 6.45) is 2.42. The molecule has 5 nitrogen and oxygen atoms in total. The van der Waals surface area contributed by atoms with Crippen molar-refractivity contribution in [1.29, 1.82) is 0 Å². The van der Waals surface area contributed by atoms with E-state index < -0.39 is 0 Å². The SMILES string of the molecule is O=C(Nc1cccc(Cl)c1)N1CCC(Oc2ccc(Br)cn2)C1. The first-order valence-electron chi connectivity index (χ1n) is 7.20. The Balaban J connectivity index is 1.54. The first-order chi connectivity index (χ1) is 11.1. The Hall–Kier alpha value is -1.79.